The van der Waals surface area contributed by atoms with E-state index in [1.165, 1.54) is 44.9 Å². The molecule has 0 aromatic heterocycles. The van der Waals surface area contributed by atoms with Crippen molar-refractivity contribution in [3.05, 3.63) is 42.5 Å². The van der Waals surface area contributed by atoms with Crippen molar-refractivity contribution in [2.24, 2.45) is 0 Å². The van der Waals surface area contributed by atoms with Gasteiger partial charge in [0.2, 0.25) is 0 Å². The van der Waals surface area contributed by atoms with E-state index in [0.717, 1.165) is 30.0 Å². The Balaban J connectivity index is 0.00000364. The van der Waals surface area contributed by atoms with Crippen LogP contribution in [0.25, 0.3) is 10.8 Å². The van der Waals surface area contributed by atoms with Crippen LogP contribution in [-0.4, -0.2) is 52.8 Å². The van der Waals surface area contributed by atoms with Gasteiger partial charge in [-0.25, -0.2) is 0 Å². The van der Waals surface area contributed by atoms with E-state index < -0.39 is 10.1 Å². The van der Waals surface area contributed by atoms with Crippen LogP contribution in [0, 0.1) is 0 Å². The summed E-state index contributed by atoms with van der Waals surface area (Å²) in [5, 5.41) is 1.63. The second-order valence-corrected chi connectivity index (χ2v) is 8.52. The Bertz CT molecular complexity index is 754. The van der Waals surface area contributed by atoms with Crippen LogP contribution in [-0.2, 0) is 14.3 Å². The van der Waals surface area contributed by atoms with Gasteiger partial charge in [-0.3, -0.25) is 4.18 Å². The summed E-state index contributed by atoms with van der Waals surface area (Å²) in [5.74, 6) is 0. The second kappa shape index (κ2) is 13.9. The van der Waals surface area contributed by atoms with Crippen LogP contribution in [0.5, 0.6) is 0 Å². The zero-order chi connectivity index (χ0) is 18.7. The first-order valence-corrected chi connectivity index (χ1v) is 11.4. The minimum absolute atomic E-state index is 0. The van der Waals surface area contributed by atoms with E-state index in [1.54, 1.807) is 12.1 Å². The Hall–Kier alpha value is -0.130. The van der Waals surface area contributed by atoms with Crippen LogP contribution in [0.15, 0.2) is 47.4 Å². The Morgan fingerprint density at radius 1 is 0.741 bits per heavy atom. The maximum absolute atomic E-state index is 12.5. The fourth-order valence-corrected chi connectivity index (χ4v) is 4.40. The van der Waals surface area contributed by atoms with Gasteiger partial charge in [0.1, 0.15) is 4.90 Å². The third-order valence-electron chi connectivity index (χ3n) is 4.76. The monoisotopic (exact) mass is 418 g/mol. The normalized spacial score (nSPS) is 11.4. The second-order valence-electron chi connectivity index (χ2n) is 6.94. The Morgan fingerprint density at radius 3 is 1.96 bits per heavy atom. The zero-order valence-corrected chi connectivity index (χ0v) is 16.8. The van der Waals surface area contributed by atoms with Crippen molar-refractivity contribution in [1.29, 1.82) is 0 Å². The van der Waals surface area contributed by atoms with Gasteiger partial charge in [-0.15, -0.1) is 0 Å². The molecule has 2 rings (SSSR count). The molecule has 27 heavy (non-hydrogen) atoms. The number of hydrogen-bond acceptors (Lipinski definition) is 3. The molecule has 0 aliphatic carbocycles. The maximum atomic E-state index is 12.5. The Morgan fingerprint density at radius 2 is 1.30 bits per heavy atom. The molecular formula is C22H34CaO3S. The third kappa shape index (κ3) is 8.82. The molecule has 0 bridgehead atoms. The molecule has 0 saturated carbocycles. The van der Waals surface area contributed by atoms with Crippen LogP contribution in [0.1, 0.15) is 71.1 Å². The average molecular weight is 419 g/mol. The van der Waals surface area contributed by atoms with Gasteiger partial charge >= 0.3 is 37.7 Å². The van der Waals surface area contributed by atoms with E-state index in [1.807, 2.05) is 30.3 Å². The molecule has 0 spiro atoms. The van der Waals surface area contributed by atoms with Gasteiger partial charge < -0.3 is 0 Å². The van der Waals surface area contributed by atoms with Crippen LogP contribution in [0.4, 0.5) is 0 Å². The zero-order valence-electron chi connectivity index (χ0n) is 16.0. The van der Waals surface area contributed by atoms with Crippen molar-refractivity contribution >= 4 is 58.6 Å². The van der Waals surface area contributed by atoms with E-state index in [0.29, 0.717) is 0 Å². The molecule has 0 saturated heterocycles. The molecule has 0 fully saturated rings. The van der Waals surface area contributed by atoms with Crippen molar-refractivity contribution in [3.63, 3.8) is 0 Å². The van der Waals surface area contributed by atoms with Gasteiger partial charge in [0, 0.05) is 5.39 Å². The van der Waals surface area contributed by atoms with Crippen molar-refractivity contribution in [1.82, 2.24) is 0 Å². The molecule has 0 atom stereocenters. The number of rotatable bonds is 13. The van der Waals surface area contributed by atoms with Gasteiger partial charge in [-0.05, 0) is 17.9 Å². The number of hydrogen-bond donors (Lipinski definition) is 0. The molecule has 0 unspecified atom stereocenters. The predicted molar refractivity (Wildman–Crippen MR) is 117 cm³/mol. The van der Waals surface area contributed by atoms with Crippen molar-refractivity contribution < 1.29 is 12.6 Å². The number of benzene rings is 2. The summed E-state index contributed by atoms with van der Waals surface area (Å²) in [7, 11) is -3.70. The molecule has 0 heterocycles. The third-order valence-corrected chi connectivity index (χ3v) is 6.13. The summed E-state index contributed by atoms with van der Waals surface area (Å²) in [6, 6.07) is 12.8. The van der Waals surface area contributed by atoms with E-state index in [-0.39, 0.29) is 49.2 Å². The molecule has 148 valence electrons. The molecule has 2 aromatic carbocycles. The van der Waals surface area contributed by atoms with Gasteiger partial charge in [0.25, 0.3) is 10.1 Å². The first kappa shape index (κ1) is 24.9. The van der Waals surface area contributed by atoms with Gasteiger partial charge in [0.05, 0.1) is 6.61 Å². The van der Waals surface area contributed by atoms with Gasteiger partial charge in [-0.1, -0.05) is 101 Å². The summed E-state index contributed by atoms with van der Waals surface area (Å²) >= 11 is 0. The van der Waals surface area contributed by atoms with E-state index >= 15 is 0 Å². The molecule has 0 aliphatic rings. The van der Waals surface area contributed by atoms with Crippen LogP contribution >= 0.6 is 0 Å². The SMILES string of the molecule is CCCCCCCCCCCCOS(=O)(=O)c1cccc2ccccc12.[CaH2]. The summed E-state index contributed by atoms with van der Waals surface area (Å²) in [6.07, 6.45) is 12.2. The summed E-state index contributed by atoms with van der Waals surface area (Å²) in [6.45, 7) is 2.50. The molecular weight excluding hydrogens is 384 g/mol. The van der Waals surface area contributed by atoms with Crippen molar-refractivity contribution in [2.75, 3.05) is 6.61 Å². The minimum atomic E-state index is -3.70. The van der Waals surface area contributed by atoms with Gasteiger partial charge in [0.15, 0.2) is 0 Å². The average Bonchev–Trinajstić information content (AvgIpc) is 2.65. The molecule has 0 aliphatic heterocycles. The fraction of sp³-hybridized carbons (Fsp3) is 0.545. The number of unbranched alkanes of at least 4 members (excludes halogenated alkanes) is 9. The quantitative estimate of drug-likeness (QED) is 0.243. The van der Waals surface area contributed by atoms with Crippen molar-refractivity contribution in [3.8, 4) is 0 Å². The van der Waals surface area contributed by atoms with E-state index in [9.17, 15) is 8.42 Å². The van der Waals surface area contributed by atoms with Crippen LogP contribution in [0.3, 0.4) is 0 Å². The van der Waals surface area contributed by atoms with Gasteiger partial charge in [-0.2, -0.15) is 8.42 Å². The molecule has 3 nitrogen and oxygen atoms in total. The molecule has 0 amide bonds. The molecule has 5 heteroatoms. The number of fused-ring (bicyclic) bond motifs is 1. The summed E-state index contributed by atoms with van der Waals surface area (Å²) in [4.78, 5) is 0.266. The van der Waals surface area contributed by atoms with Crippen molar-refractivity contribution in [2.45, 2.75) is 76.0 Å². The summed E-state index contributed by atoms with van der Waals surface area (Å²) in [5.41, 5.74) is 0. The molecule has 0 N–H and O–H groups in total. The first-order chi connectivity index (χ1) is 12.6. The Labute approximate surface area is 195 Å². The predicted octanol–water partition coefficient (Wildman–Crippen LogP) is 5.55. The standard InChI is InChI=1S/C22H32O3S.Ca.2H/c1-2-3-4-5-6-7-8-9-10-13-19-25-26(23,24)22-18-14-16-20-15-11-12-17-21(20)22;;;/h11-12,14-18H,2-10,13,19H2,1H3;;;. The van der Waals surface area contributed by atoms with E-state index in [4.69, 9.17) is 4.18 Å². The van der Waals surface area contributed by atoms with Crippen LogP contribution < -0.4 is 0 Å². The first-order valence-electron chi connectivity index (χ1n) is 10.0. The van der Waals surface area contributed by atoms with Crippen LogP contribution in [0.2, 0.25) is 0 Å². The molecule has 0 radical (unpaired) electrons. The Kier molecular flexibility index (Phi) is 12.9. The van der Waals surface area contributed by atoms with E-state index in [2.05, 4.69) is 6.92 Å². The molecule has 2 aromatic rings. The summed E-state index contributed by atoms with van der Waals surface area (Å²) < 4.78 is 30.2. The fourth-order valence-electron chi connectivity index (χ4n) is 3.24. The topological polar surface area (TPSA) is 43.4 Å².